The maximum absolute atomic E-state index is 13.3. The Morgan fingerprint density at radius 2 is 1.71 bits per heavy atom. The maximum atomic E-state index is 13.3. The first-order chi connectivity index (χ1) is 10.2. The van der Waals surface area contributed by atoms with E-state index in [4.69, 9.17) is 5.73 Å². The van der Waals surface area contributed by atoms with Gasteiger partial charge in [0.15, 0.2) is 0 Å². The van der Waals surface area contributed by atoms with E-state index in [9.17, 15) is 8.78 Å². The van der Waals surface area contributed by atoms with Gasteiger partial charge in [0.25, 0.3) is 0 Å². The van der Waals surface area contributed by atoms with Gasteiger partial charge in [0.1, 0.15) is 17.5 Å². The van der Waals surface area contributed by atoms with Gasteiger partial charge in [-0.15, -0.1) is 0 Å². The molecule has 0 atom stereocenters. The highest BCUT2D eigenvalue weighted by Crippen LogP contribution is 2.19. The Balaban J connectivity index is 2.06. The van der Waals surface area contributed by atoms with Crippen LogP contribution in [-0.2, 0) is 13.0 Å². The number of fused-ring (bicyclic) bond motifs is 1. The molecule has 108 valence electrons. The van der Waals surface area contributed by atoms with Gasteiger partial charge in [-0.3, -0.25) is 0 Å². The third-order valence-corrected chi connectivity index (χ3v) is 3.41. The molecule has 2 N–H and O–H groups in total. The minimum atomic E-state index is -0.312. The summed E-state index contributed by atoms with van der Waals surface area (Å²) in [7, 11) is 0. The average molecular weight is 287 g/mol. The summed E-state index contributed by atoms with van der Waals surface area (Å²) in [6.45, 7) is 1.02. The number of nitrogens with zero attached hydrogens (tertiary/aromatic N) is 2. The second-order valence-electron chi connectivity index (χ2n) is 4.91. The molecule has 21 heavy (non-hydrogen) atoms. The Kier molecular flexibility index (Phi) is 3.66. The number of hydrogen-bond acceptors (Lipinski definition) is 2. The van der Waals surface area contributed by atoms with E-state index in [1.54, 1.807) is 18.2 Å². The molecule has 2 aromatic carbocycles. The SMILES string of the molecule is NCCc1nc2cc(F)ccc2n1Cc1ccc(F)cc1. The molecule has 3 nitrogen and oxygen atoms in total. The van der Waals surface area contributed by atoms with Crippen LogP contribution in [0.2, 0.25) is 0 Å². The normalized spacial score (nSPS) is 11.2. The lowest BCUT2D eigenvalue weighted by Crippen LogP contribution is -2.10. The molecule has 0 amide bonds. The van der Waals surface area contributed by atoms with Crippen LogP contribution in [0.25, 0.3) is 11.0 Å². The van der Waals surface area contributed by atoms with Crippen molar-refractivity contribution in [2.45, 2.75) is 13.0 Å². The summed E-state index contributed by atoms with van der Waals surface area (Å²) in [5.74, 6) is 0.231. The molecule has 0 saturated heterocycles. The van der Waals surface area contributed by atoms with Crippen LogP contribution in [0.4, 0.5) is 8.78 Å². The standard InChI is InChI=1S/C16H15F2N3/c17-12-3-1-11(2-4-12)10-21-15-6-5-13(18)9-14(15)20-16(21)7-8-19/h1-6,9H,7-8,10,19H2. The number of nitrogens with two attached hydrogens (primary N) is 1. The van der Waals surface area contributed by atoms with Gasteiger partial charge in [0.05, 0.1) is 11.0 Å². The number of hydrogen-bond donors (Lipinski definition) is 1. The van der Waals surface area contributed by atoms with Crippen LogP contribution in [0.5, 0.6) is 0 Å². The summed E-state index contributed by atoms with van der Waals surface area (Å²) in [5, 5.41) is 0. The maximum Gasteiger partial charge on any atom is 0.125 e. The summed E-state index contributed by atoms with van der Waals surface area (Å²) in [6.07, 6.45) is 0.609. The fourth-order valence-electron chi connectivity index (χ4n) is 2.42. The fourth-order valence-corrected chi connectivity index (χ4v) is 2.42. The first-order valence-corrected chi connectivity index (χ1v) is 6.76. The highest BCUT2D eigenvalue weighted by Gasteiger charge is 2.11. The van der Waals surface area contributed by atoms with Gasteiger partial charge in [-0.25, -0.2) is 13.8 Å². The first kappa shape index (κ1) is 13.7. The predicted molar refractivity (Wildman–Crippen MR) is 78.0 cm³/mol. The molecule has 0 spiro atoms. The van der Waals surface area contributed by atoms with Crippen LogP contribution in [-0.4, -0.2) is 16.1 Å². The summed E-state index contributed by atoms with van der Waals surface area (Å²) >= 11 is 0. The van der Waals surface area contributed by atoms with E-state index in [1.165, 1.54) is 24.3 Å². The molecule has 0 aliphatic rings. The molecule has 3 aromatic rings. The Labute approximate surface area is 121 Å². The minimum Gasteiger partial charge on any atom is -0.330 e. The van der Waals surface area contributed by atoms with Gasteiger partial charge < -0.3 is 10.3 Å². The Hall–Kier alpha value is -2.27. The number of rotatable bonds is 4. The molecule has 0 radical (unpaired) electrons. The molecule has 3 rings (SSSR count). The average Bonchev–Trinajstić information content (AvgIpc) is 2.79. The van der Waals surface area contributed by atoms with Gasteiger partial charge in [0, 0.05) is 19.0 Å². The second-order valence-corrected chi connectivity index (χ2v) is 4.91. The molecule has 0 bridgehead atoms. The second kappa shape index (κ2) is 5.61. The first-order valence-electron chi connectivity index (χ1n) is 6.76. The molecular formula is C16H15F2N3. The largest absolute Gasteiger partial charge is 0.330 e. The topological polar surface area (TPSA) is 43.8 Å². The van der Waals surface area contributed by atoms with Crippen molar-refractivity contribution in [2.24, 2.45) is 5.73 Å². The fraction of sp³-hybridized carbons (Fsp3) is 0.188. The number of halogens is 2. The summed E-state index contributed by atoms with van der Waals surface area (Å²) in [6, 6.07) is 10.9. The van der Waals surface area contributed by atoms with Crippen LogP contribution < -0.4 is 5.73 Å². The lowest BCUT2D eigenvalue weighted by molar-refractivity contribution is 0.626. The van der Waals surface area contributed by atoms with E-state index in [0.29, 0.717) is 25.0 Å². The Morgan fingerprint density at radius 1 is 1.00 bits per heavy atom. The highest BCUT2D eigenvalue weighted by atomic mass is 19.1. The summed E-state index contributed by atoms with van der Waals surface area (Å²) < 4.78 is 28.3. The van der Waals surface area contributed by atoms with Crippen molar-refractivity contribution in [2.75, 3.05) is 6.54 Å². The smallest absolute Gasteiger partial charge is 0.125 e. The van der Waals surface area contributed by atoms with E-state index in [-0.39, 0.29) is 11.6 Å². The molecular weight excluding hydrogens is 272 g/mol. The van der Waals surface area contributed by atoms with Gasteiger partial charge in [-0.2, -0.15) is 0 Å². The number of benzene rings is 2. The number of imidazole rings is 1. The zero-order chi connectivity index (χ0) is 14.8. The van der Waals surface area contributed by atoms with Crippen molar-refractivity contribution in [1.82, 2.24) is 9.55 Å². The van der Waals surface area contributed by atoms with Gasteiger partial charge in [-0.1, -0.05) is 12.1 Å². The molecule has 1 heterocycles. The van der Waals surface area contributed by atoms with E-state index in [2.05, 4.69) is 4.98 Å². The zero-order valence-corrected chi connectivity index (χ0v) is 11.4. The Bertz CT molecular complexity index is 763. The van der Waals surface area contributed by atoms with Crippen molar-refractivity contribution in [3.8, 4) is 0 Å². The quantitative estimate of drug-likeness (QED) is 0.802. The molecule has 0 aliphatic heterocycles. The molecule has 5 heteroatoms. The van der Waals surface area contributed by atoms with Crippen molar-refractivity contribution >= 4 is 11.0 Å². The van der Waals surface area contributed by atoms with E-state index in [1.807, 2.05) is 4.57 Å². The van der Waals surface area contributed by atoms with Gasteiger partial charge in [-0.05, 0) is 36.4 Å². The van der Waals surface area contributed by atoms with Gasteiger partial charge >= 0.3 is 0 Å². The van der Waals surface area contributed by atoms with Crippen LogP contribution >= 0.6 is 0 Å². The molecule has 0 fully saturated rings. The van der Waals surface area contributed by atoms with E-state index < -0.39 is 0 Å². The summed E-state index contributed by atoms with van der Waals surface area (Å²) in [5.41, 5.74) is 8.04. The third kappa shape index (κ3) is 2.78. The Morgan fingerprint density at radius 3 is 2.43 bits per heavy atom. The van der Waals surface area contributed by atoms with Crippen molar-refractivity contribution < 1.29 is 8.78 Å². The summed E-state index contributed by atoms with van der Waals surface area (Å²) in [4.78, 5) is 4.45. The van der Waals surface area contributed by atoms with E-state index >= 15 is 0 Å². The minimum absolute atomic E-state index is 0.265. The van der Waals surface area contributed by atoms with Crippen LogP contribution in [0, 0.1) is 11.6 Å². The van der Waals surface area contributed by atoms with Gasteiger partial charge in [0.2, 0.25) is 0 Å². The predicted octanol–water partition coefficient (Wildman–Crippen LogP) is 2.86. The van der Waals surface area contributed by atoms with Crippen molar-refractivity contribution in [3.63, 3.8) is 0 Å². The van der Waals surface area contributed by atoms with Crippen molar-refractivity contribution in [1.29, 1.82) is 0 Å². The zero-order valence-electron chi connectivity index (χ0n) is 11.4. The lowest BCUT2D eigenvalue weighted by Gasteiger charge is -2.09. The molecule has 1 aromatic heterocycles. The third-order valence-electron chi connectivity index (χ3n) is 3.41. The molecule has 0 saturated carbocycles. The van der Waals surface area contributed by atoms with Crippen LogP contribution in [0.15, 0.2) is 42.5 Å². The van der Waals surface area contributed by atoms with E-state index in [0.717, 1.165) is 16.9 Å². The molecule has 0 aliphatic carbocycles. The lowest BCUT2D eigenvalue weighted by atomic mass is 10.2. The monoisotopic (exact) mass is 287 g/mol. The molecule has 0 unspecified atom stereocenters. The van der Waals surface area contributed by atoms with Crippen LogP contribution in [0.1, 0.15) is 11.4 Å². The van der Waals surface area contributed by atoms with Crippen LogP contribution in [0.3, 0.4) is 0 Å². The highest BCUT2D eigenvalue weighted by molar-refractivity contribution is 5.76. The van der Waals surface area contributed by atoms with Crippen molar-refractivity contribution in [3.05, 3.63) is 65.5 Å². The number of aromatic nitrogens is 2.